The monoisotopic (exact) mass is 484 g/mol. The quantitative estimate of drug-likeness (QED) is 0.162. The molecule has 0 radical (unpaired) electrons. The number of methoxy groups -OCH3 is 1. The SMILES string of the molecule is COc1ccc2cc3[n+](cc2c1OCCCC(=O)Oc1ccccc1)CCc1cc2c(cc1-3)OCO2. The second-order valence-electron chi connectivity index (χ2n) is 8.80. The van der Waals surface area contributed by atoms with Crippen LogP contribution in [0.2, 0.25) is 0 Å². The highest BCUT2D eigenvalue weighted by Crippen LogP contribution is 2.41. The fourth-order valence-electron chi connectivity index (χ4n) is 4.77. The van der Waals surface area contributed by atoms with E-state index in [-0.39, 0.29) is 19.2 Å². The Morgan fingerprint density at radius 1 is 1.03 bits per heavy atom. The van der Waals surface area contributed by atoms with Crippen LogP contribution in [0.5, 0.6) is 28.7 Å². The summed E-state index contributed by atoms with van der Waals surface area (Å²) >= 11 is 0. The van der Waals surface area contributed by atoms with Gasteiger partial charge in [-0.2, -0.15) is 4.57 Å². The summed E-state index contributed by atoms with van der Waals surface area (Å²) in [7, 11) is 1.63. The fourth-order valence-corrected chi connectivity index (χ4v) is 4.77. The number of aromatic nitrogens is 1. The van der Waals surface area contributed by atoms with E-state index >= 15 is 0 Å². The summed E-state index contributed by atoms with van der Waals surface area (Å²) in [5, 5.41) is 2.01. The predicted octanol–water partition coefficient (Wildman–Crippen LogP) is 4.85. The fraction of sp³-hybridized carbons (Fsp3) is 0.241. The number of ether oxygens (including phenoxy) is 5. The zero-order chi connectivity index (χ0) is 24.5. The largest absolute Gasteiger partial charge is 0.493 e. The van der Waals surface area contributed by atoms with Crippen molar-refractivity contribution in [2.75, 3.05) is 20.5 Å². The Morgan fingerprint density at radius 3 is 2.69 bits per heavy atom. The van der Waals surface area contributed by atoms with Crippen molar-refractivity contribution in [2.24, 2.45) is 0 Å². The number of fused-ring (bicyclic) bond motifs is 5. The van der Waals surface area contributed by atoms with E-state index in [9.17, 15) is 4.79 Å². The van der Waals surface area contributed by atoms with Gasteiger partial charge in [-0.05, 0) is 53.8 Å². The third kappa shape index (κ3) is 4.17. The van der Waals surface area contributed by atoms with Crippen molar-refractivity contribution in [1.82, 2.24) is 0 Å². The molecule has 3 heterocycles. The van der Waals surface area contributed by atoms with Crippen LogP contribution in [-0.2, 0) is 17.8 Å². The molecule has 0 saturated heterocycles. The molecule has 0 bridgehead atoms. The average molecular weight is 485 g/mol. The Morgan fingerprint density at radius 2 is 1.86 bits per heavy atom. The van der Waals surface area contributed by atoms with Crippen molar-refractivity contribution >= 4 is 16.7 Å². The first-order chi connectivity index (χ1) is 17.7. The zero-order valence-electron chi connectivity index (χ0n) is 20.0. The molecule has 0 amide bonds. The second kappa shape index (κ2) is 9.41. The number of nitrogens with zero attached hydrogens (tertiary/aromatic N) is 1. The minimum Gasteiger partial charge on any atom is -0.493 e. The lowest BCUT2D eigenvalue weighted by atomic mass is 9.95. The number of hydrogen-bond acceptors (Lipinski definition) is 6. The molecule has 2 aliphatic rings. The number of carbonyl (C=O) groups is 1. The van der Waals surface area contributed by atoms with Crippen LogP contribution in [0.1, 0.15) is 18.4 Å². The smallest absolute Gasteiger partial charge is 0.311 e. The van der Waals surface area contributed by atoms with Gasteiger partial charge < -0.3 is 23.7 Å². The summed E-state index contributed by atoms with van der Waals surface area (Å²) in [6.07, 6.45) is 3.82. The highest BCUT2D eigenvalue weighted by Gasteiger charge is 2.28. The maximum absolute atomic E-state index is 12.2. The van der Waals surface area contributed by atoms with Crippen LogP contribution >= 0.6 is 0 Å². The van der Waals surface area contributed by atoms with Crippen LogP contribution in [0.4, 0.5) is 0 Å². The van der Waals surface area contributed by atoms with Gasteiger partial charge in [-0.15, -0.1) is 0 Å². The maximum Gasteiger partial charge on any atom is 0.311 e. The van der Waals surface area contributed by atoms with Gasteiger partial charge in [0, 0.05) is 18.9 Å². The number of esters is 1. The lowest BCUT2D eigenvalue weighted by Gasteiger charge is -2.18. The van der Waals surface area contributed by atoms with Crippen LogP contribution in [0.15, 0.2) is 66.9 Å². The van der Waals surface area contributed by atoms with Crippen LogP contribution in [0.3, 0.4) is 0 Å². The molecule has 7 nitrogen and oxygen atoms in total. The number of rotatable bonds is 7. The van der Waals surface area contributed by atoms with Crippen LogP contribution in [0, 0.1) is 0 Å². The van der Waals surface area contributed by atoms with Crippen molar-refractivity contribution in [3.63, 3.8) is 0 Å². The lowest BCUT2D eigenvalue weighted by Crippen LogP contribution is -2.40. The number of hydrogen-bond donors (Lipinski definition) is 0. The molecule has 0 unspecified atom stereocenters. The Hall–Kier alpha value is -4.26. The minimum atomic E-state index is -0.279. The van der Waals surface area contributed by atoms with Crippen LogP contribution < -0.4 is 28.3 Å². The molecule has 0 atom stereocenters. The number of para-hydroxylation sites is 1. The van der Waals surface area contributed by atoms with Crippen molar-refractivity contribution in [1.29, 1.82) is 0 Å². The van der Waals surface area contributed by atoms with Crippen molar-refractivity contribution in [2.45, 2.75) is 25.8 Å². The van der Waals surface area contributed by atoms with Crippen molar-refractivity contribution < 1.29 is 33.0 Å². The Bertz CT molecular complexity index is 1450. The van der Waals surface area contributed by atoms with E-state index < -0.39 is 0 Å². The van der Waals surface area contributed by atoms with Gasteiger partial charge in [-0.1, -0.05) is 18.2 Å². The molecule has 0 aliphatic carbocycles. The first-order valence-electron chi connectivity index (χ1n) is 12.1. The maximum atomic E-state index is 12.2. The lowest BCUT2D eigenvalue weighted by molar-refractivity contribution is -0.686. The van der Waals surface area contributed by atoms with Gasteiger partial charge in [0.25, 0.3) is 0 Å². The first-order valence-corrected chi connectivity index (χ1v) is 12.1. The van der Waals surface area contributed by atoms with Gasteiger partial charge in [0.2, 0.25) is 12.5 Å². The molecule has 0 N–H and O–H groups in total. The van der Waals surface area contributed by atoms with E-state index in [0.717, 1.165) is 46.5 Å². The topological polar surface area (TPSA) is 67.1 Å². The van der Waals surface area contributed by atoms with Gasteiger partial charge in [0.1, 0.15) is 5.75 Å². The minimum absolute atomic E-state index is 0.263. The molecule has 0 saturated carbocycles. The molecule has 0 fully saturated rings. The summed E-state index contributed by atoms with van der Waals surface area (Å²) < 4.78 is 30.6. The summed E-state index contributed by atoms with van der Waals surface area (Å²) in [5.41, 5.74) is 3.54. The third-order valence-electron chi connectivity index (χ3n) is 6.54. The van der Waals surface area contributed by atoms with Crippen LogP contribution in [0.25, 0.3) is 22.0 Å². The molecule has 36 heavy (non-hydrogen) atoms. The number of pyridine rings is 1. The molecule has 0 spiro atoms. The van der Waals surface area contributed by atoms with E-state index in [0.29, 0.717) is 30.3 Å². The molecule has 6 rings (SSSR count). The van der Waals surface area contributed by atoms with Gasteiger partial charge in [-0.3, -0.25) is 4.79 Å². The van der Waals surface area contributed by atoms with Gasteiger partial charge in [0.05, 0.1) is 24.7 Å². The normalized spacial score (nSPS) is 13.1. The molecule has 4 aromatic rings. The molecule has 1 aromatic heterocycles. The van der Waals surface area contributed by atoms with E-state index in [1.165, 1.54) is 5.56 Å². The van der Waals surface area contributed by atoms with Gasteiger partial charge in [0.15, 0.2) is 35.7 Å². The summed E-state index contributed by atoms with van der Waals surface area (Å²) in [4.78, 5) is 12.2. The summed E-state index contributed by atoms with van der Waals surface area (Å²) in [6, 6.07) is 19.4. The van der Waals surface area contributed by atoms with Gasteiger partial charge in [-0.25, -0.2) is 0 Å². The molecule has 3 aromatic carbocycles. The standard InChI is InChI=1S/C29H26NO6/c1-32-25-10-9-19-14-24-22-16-27-26(34-18-35-27)15-20(22)11-12-30(24)17-23(19)29(25)33-13-5-8-28(31)36-21-6-3-2-4-7-21/h2-4,6-7,9-10,14-17H,5,8,11-13,18H2,1H3/q+1. The number of benzene rings is 3. The first kappa shape index (κ1) is 22.2. The Labute approximate surface area is 208 Å². The molecule has 182 valence electrons. The molecule has 7 heteroatoms. The number of aryl methyl sites for hydroxylation is 2. The Kier molecular flexibility index (Phi) is 5.81. The highest BCUT2D eigenvalue weighted by atomic mass is 16.7. The van der Waals surface area contributed by atoms with Crippen molar-refractivity contribution in [3.05, 3.63) is 72.4 Å². The van der Waals surface area contributed by atoms with E-state index in [1.807, 2.05) is 30.3 Å². The molecular formula is C29H26NO6+. The molecular weight excluding hydrogens is 458 g/mol. The predicted molar refractivity (Wildman–Crippen MR) is 133 cm³/mol. The average Bonchev–Trinajstić information content (AvgIpc) is 3.37. The summed E-state index contributed by atoms with van der Waals surface area (Å²) in [6.45, 7) is 1.48. The van der Waals surface area contributed by atoms with E-state index in [1.54, 1.807) is 19.2 Å². The van der Waals surface area contributed by atoms with E-state index in [2.05, 4.69) is 29.0 Å². The zero-order valence-corrected chi connectivity index (χ0v) is 20.0. The van der Waals surface area contributed by atoms with Crippen LogP contribution in [-0.4, -0.2) is 26.5 Å². The second-order valence-corrected chi connectivity index (χ2v) is 8.80. The van der Waals surface area contributed by atoms with Crippen molar-refractivity contribution in [3.8, 4) is 40.0 Å². The Balaban J connectivity index is 1.23. The highest BCUT2D eigenvalue weighted by molar-refractivity contribution is 5.91. The van der Waals surface area contributed by atoms with E-state index in [4.69, 9.17) is 23.7 Å². The molecule has 2 aliphatic heterocycles. The summed E-state index contributed by atoms with van der Waals surface area (Å²) in [5.74, 6) is 3.21. The number of carbonyl (C=O) groups excluding carboxylic acids is 1. The van der Waals surface area contributed by atoms with Gasteiger partial charge >= 0.3 is 5.97 Å². The third-order valence-corrected chi connectivity index (χ3v) is 6.54.